The number of furan rings is 1. The summed E-state index contributed by atoms with van der Waals surface area (Å²) in [5.41, 5.74) is 16.6. The molecule has 0 aliphatic rings. The van der Waals surface area contributed by atoms with E-state index in [9.17, 15) is 0 Å². The fourth-order valence-electron chi connectivity index (χ4n) is 10.9. The summed E-state index contributed by atoms with van der Waals surface area (Å²) in [5, 5.41) is 6.84. The van der Waals surface area contributed by atoms with Gasteiger partial charge in [-0.25, -0.2) is 9.97 Å². The SMILES string of the molecule is CC(C)(c1ccccc1)c1ccnc(-n2c3cc(-c4cccc5c4nc(-c4cccc6c4[nH]c4ccccc46)n5-c4ccc(-c5ccccc5)cc4)ccc3c3cc4c(cc32)oc2ccccc24)c1. The van der Waals surface area contributed by atoms with Crippen molar-refractivity contribution in [1.82, 2.24) is 24.1 Å². The van der Waals surface area contributed by atoms with Gasteiger partial charge < -0.3 is 9.40 Å². The number of hydrogen-bond donors (Lipinski definition) is 1. The minimum Gasteiger partial charge on any atom is -0.456 e. The lowest BCUT2D eigenvalue weighted by atomic mass is 9.78. The van der Waals surface area contributed by atoms with Crippen LogP contribution < -0.4 is 0 Å². The maximum atomic E-state index is 6.54. The van der Waals surface area contributed by atoms with Gasteiger partial charge in [-0.3, -0.25) is 9.13 Å². The first-order valence-electron chi connectivity index (χ1n) is 23.6. The summed E-state index contributed by atoms with van der Waals surface area (Å²) in [5.74, 6) is 1.72. The van der Waals surface area contributed by atoms with Crippen LogP contribution in [-0.4, -0.2) is 24.1 Å². The highest BCUT2D eigenvalue weighted by atomic mass is 16.3. The zero-order chi connectivity index (χ0) is 45.8. The number of fused-ring (bicyclic) bond motifs is 10. The van der Waals surface area contributed by atoms with Crippen molar-refractivity contribution in [2.24, 2.45) is 0 Å². The lowest BCUT2D eigenvalue weighted by molar-refractivity contribution is 0.639. The molecule has 0 saturated heterocycles. The number of pyridine rings is 1. The van der Waals surface area contributed by atoms with E-state index in [1.165, 1.54) is 27.5 Å². The van der Waals surface area contributed by atoms with Gasteiger partial charge in [0, 0.05) is 72.3 Å². The van der Waals surface area contributed by atoms with Crippen molar-refractivity contribution in [3.8, 4) is 45.1 Å². The number of aromatic nitrogens is 5. The third-order valence-corrected chi connectivity index (χ3v) is 14.5. The second-order valence-electron chi connectivity index (χ2n) is 18.7. The number of imidazole rings is 1. The minimum absolute atomic E-state index is 0.264. The van der Waals surface area contributed by atoms with Crippen LogP contribution in [0.15, 0.2) is 223 Å². The molecule has 0 aliphatic heterocycles. The van der Waals surface area contributed by atoms with E-state index in [1.807, 2.05) is 18.3 Å². The van der Waals surface area contributed by atoms with Crippen molar-refractivity contribution >= 4 is 76.6 Å². The maximum Gasteiger partial charge on any atom is 0.147 e. The molecule has 69 heavy (non-hydrogen) atoms. The molecule has 326 valence electrons. The highest BCUT2D eigenvalue weighted by Gasteiger charge is 2.26. The van der Waals surface area contributed by atoms with Crippen molar-refractivity contribution in [2.75, 3.05) is 0 Å². The van der Waals surface area contributed by atoms with E-state index in [1.54, 1.807) is 0 Å². The van der Waals surface area contributed by atoms with Gasteiger partial charge in [0.15, 0.2) is 0 Å². The van der Waals surface area contributed by atoms with Crippen LogP contribution in [0.1, 0.15) is 25.0 Å². The van der Waals surface area contributed by atoms with Crippen molar-refractivity contribution < 1.29 is 4.42 Å². The molecule has 14 aromatic rings. The van der Waals surface area contributed by atoms with E-state index in [0.29, 0.717) is 0 Å². The Morgan fingerprint density at radius 3 is 2.00 bits per heavy atom. The molecule has 0 atom stereocenters. The van der Waals surface area contributed by atoms with Crippen molar-refractivity contribution in [3.05, 3.63) is 230 Å². The molecule has 1 N–H and O–H groups in total. The van der Waals surface area contributed by atoms with Crippen LogP contribution in [0.25, 0.3) is 122 Å². The Hall–Kier alpha value is -9.00. The van der Waals surface area contributed by atoms with Crippen LogP contribution in [-0.2, 0) is 5.41 Å². The third-order valence-electron chi connectivity index (χ3n) is 14.5. The molecule has 5 aromatic heterocycles. The Balaban J connectivity index is 1.01. The van der Waals surface area contributed by atoms with Crippen molar-refractivity contribution in [1.29, 1.82) is 0 Å². The van der Waals surface area contributed by atoms with E-state index in [2.05, 4.69) is 228 Å². The predicted octanol–water partition coefficient (Wildman–Crippen LogP) is 16.4. The first-order chi connectivity index (χ1) is 34.0. The smallest absolute Gasteiger partial charge is 0.147 e. The molecule has 0 aliphatic carbocycles. The lowest BCUT2D eigenvalue weighted by Crippen LogP contribution is -2.19. The molecule has 0 saturated carbocycles. The molecule has 0 fully saturated rings. The largest absolute Gasteiger partial charge is 0.456 e. The zero-order valence-electron chi connectivity index (χ0n) is 38.0. The number of H-pyrrole nitrogens is 1. The maximum absolute atomic E-state index is 6.54. The Kier molecular flexibility index (Phi) is 8.52. The van der Waals surface area contributed by atoms with Gasteiger partial charge in [0.2, 0.25) is 0 Å². The average molecular weight is 886 g/mol. The first-order valence-corrected chi connectivity index (χ1v) is 23.6. The molecule has 0 spiro atoms. The average Bonchev–Trinajstić information content (AvgIpc) is 4.17. The Labute approximate surface area is 397 Å². The van der Waals surface area contributed by atoms with E-state index >= 15 is 0 Å². The minimum atomic E-state index is -0.264. The molecule has 9 aromatic carbocycles. The van der Waals surface area contributed by atoms with Crippen LogP contribution in [0, 0.1) is 0 Å². The van der Waals surface area contributed by atoms with Gasteiger partial charge >= 0.3 is 0 Å². The van der Waals surface area contributed by atoms with Crippen LogP contribution in [0.3, 0.4) is 0 Å². The topological polar surface area (TPSA) is 64.6 Å². The molecule has 0 radical (unpaired) electrons. The lowest BCUT2D eigenvalue weighted by Gasteiger charge is -2.26. The second kappa shape index (κ2) is 15.0. The molecular formula is C63H43N5O. The highest BCUT2D eigenvalue weighted by Crippen LogP contribution is 2.43. The summed E-state index contributed by atoms with van der Waals surface area (Å²) in [4.78, 5) is 14.6. The molecular weight excluding hydrogens is 843 g/mol. The third kappa shape index (κ3) is 6.05. The number of hydrogen-bond acceptors (Lipinski definition) is 3. The Morgan fingerprint density at radius 1 is 0.449 bits per heavy atom. The van der Waals surface area contributed by atoms with Crippen LogP contribution in [0.4, 0.5) is 0 Å². The second-order valence-corrected chi connectivity index (χ2v) is 18.7. The molecule has 5 heterocycles. The summed E-state index contributed by atoms with van der Waals surface area (Å²) in [7, 11) is 0. The zero-order valence-corrected chi connectivity index (χ0v) is 38.0. The number of nitrogens with one attached hydrogen (secondary N) is 1. The molecule has 0 amide bonds. The molecule has 0 unspecified atom stereocenters. The summed E-state index contributed by atoms with van der Waals surface area (Å²) in [6.07, 6.45) is 1.95. The van der Waals surface area contributed by atoms with E-state index < -0.39 is 0 Å². The van der Waals surface area contributed by atoms with Crippen LogP contribution in [0.2, 0.25) is 0 Å². The monoisotopic (exact) mass is 885 g/mol. The van der Waals surface area contributed by atoms with Gasteiger partial charge in [0.25, 0.3) is 0 Å². The fourth-order valence-corrected chi connectivity index (χ4v) is 10.9. The number of benzene rings is 9. The summed E-state index contributed by atoms with van der Waals surface area (Å²) >= 11 is 0. The fraction of sp³-hybridized carbons (Fsp3) is 0.0476. The molecule has 0 bridgehead atoms. The van der Waals surface area contributed by atoms with Crippen molar-refractivity contribution in [2.45, 2.75) is 19.3 Å². The number of rotatable bonds is 7. The highest BCUT2D eigenvalue weighted by molar-refractivity contribution is 6.18. The van der Waals surface area contributed by atoms with Gasteiger partial charge in [-0.2, -0.15) is 0 Å². The molecule has 6 nitrogen and oxygen atoms in total. The van der Waals surface area contributed by atoms with Gasteiger partial charge in [-0.05, 0) is 88.5 Å². The molecule has 6 heteroatoms. The normalized spacial score (nSPS) is 12.2. The standard InChI is InChI=1S/C63H43N5O/c1-63(2,42-17-7-4-8-18-42)43-33-34-64-59(36-43)68-55-35-41(29-32-47(55)51-37-52-48-20-10-12-26-57(48)69-58(52)38-56(51)68)45-21-14-25-54-61(45)66-62(50-23-13-22-49-46-19-9-11-24-53(46)65-60(49)50)67(54)44-30-27-40(28-31-44)39-15-5-3-6-16-39/h3-38,65H,1-2H3. The van der Waals surface area contributed by atoms with Crippen molar-refractivity contribution in [3.63, 3.8) is 0 Å². The number of aromatic amines is 1. The first kappa shape index (κ1) is 39.2. The Morgan fingerprint density at radius 2 is 1.14 bits per heavy atom. The number of para-hydroxylation sites is 4. The summed E-state index contributed by atoms with van der Waals surface area (Å²) in [6.45, 7) is 4.57. The van der Waals surface area contributed by atoms with E-state index in [0.717, 1.165) is 105 Å². The van der Waals surface area contributed by atoms with Crippen LogP contribution in [0.5, 0.6) is 0 Å². The number of nitrogens with zero attached hydrogens (tertiary/aromatic N) is 4. The van der Waals surface area contributed by atoms with Gasteiger partial charge in [-0.15, -0.1) is 0 Å². The Bertz CT molecular complexity index is 4320. The van der Waals surface area contributed by atoms with E-state index in [-0.39, 0.29) is 5.41 Å². The van der Waals surface area contributed by atoms with Gasteiger partial charge in [0.1, 0.15) is 22.8 Å². The van der Waals surface area contributed by atoms with Crippen LogP contribution >= 0.6 is 0 Å². The van der Waals surface area contributed by atoms with E-state index in [4.69, 9.17) is 14.4 Å². The van der Waals surface area contributed by atoms with Gasteiger partial charge in [-0.1, -0.05) is 159 Å². The van der Waals surface area contributed by atoms with Gasteiger partial charge in [0.05, 0.1) is 27.6 Å². The quantitative estimate of drug-likeness (QED) is 0.173. The summed E-state index contributed by atoms with van der Waals surface area (Å²) < 4.78 is 11.2. The predicted molar refractivity (Wildman–Crippen MR) is 285 cm³/mol. The molecule has 14 rings (SSSR count). The summed E-state index contributed by atoms with van der Waals surface area (Å²) in [6, 6.07) is 75.8.